The monoisotopic (exact) mass is 529 g/mol. The van der Waals surface area contributed by atoms with E-state index < -0.39 is 0 Å². The zero-order valence-corrected chi connectivity index (χ0v) is 23.8. The van der Waals surface area contributed by atoms with E-state index in [4.69, 9.17) is 12.2 Å². The number of piperazine rings is 1. The quantitative estimate of drug-likeness (QED) is 0.233. The van der Waals surface area contributed by atoms with Crippen LogP contribution in [0.5, 0.6) is 0 Å². The number of carbonyl (C=O) groups is 1. The van der Waals surface area contributed by atoms with Crippen molar-refractivity contribution >= 4 is 46.1 Å². The van der Waals surface area contributed by atoms with Crippen molar-refractivity contribution in [3.63, 3.8) is 0 Å². The molecule has 0 aromatic carbocycles. The average Bonchev–Trinajstić information content (AvgIpc) is 3.12. The molecule has 0 N–H and O–H groups in total. The lowest BCUT2D eigenvalue weighted by Gasteiger charge is -2.36. The van der Waals surface area contributed by atoms with Crippen LogP contribution in [-0.4, -0.2) is 64.4 Å². The van der Waals surface area contributed by atoms with Crippen LogP contribution in [0.4, 0.5) is 5.82 Å². The normalized spacial score (nSPS) is 17.9. The highest BCUT2D eigenvalue weighted by molar-refractivity contribution is 8.26. The van der Waals surface area contributed by atoms with Crippen LogP contribution in [0.3, 0.4) is 0 Å². The van der Waals surface area contributed by atoms with Crippen LogP contribution in [0.25, 0.3) is 6.08 Å². The molecule has 1 aromatic rings. The molecule has 0 unspecified atom stereocenters. The van der Waals surface area contributed by atoms with Crippen molar-refractivity contribution in [1.29, 1.82) is 5.26 Å². The van der Waals surface area contributed by atoms with Gasteiger partial charge in [0.15, 0.2) is 0 Å². The fraction of sp³-hybridized carbons (Fsp3) is 0.630. The first kappa shape index (κ1) is 28.4. The summed E-state index contributed by atoms with van der Waals surface area (Å²) < 4.78 is 2.32. The maximum atomic E-state index is 13.4. The summed E-state index contributed by atoms with van der Waals surface area (Å²) in [5, 5.41) is 9.82. The molecule has 9 heteroatoms. The number of hydrogen-bond acceptors (Lipinski definition) is 7. The van der Waals surface area contributed by atoms with Crippen molar-refractivity contribution in [2.75, 3.05) is 44.7 Å². The van der Waals surface area contributed by atoms with Gasteiger partial charge in [-0.1, -0.05) is 69.9 Å². The molecule has 0 radical (unpaired) electrons. The van der Waals surface area contributed by atoms with E-state index >= 15 is 0 Å². The fourth-order valence-electron chi connectivity index (χ4n) is 4.81. The number of anilines is 1. The van der Waals surface area contributed by atoms with Gasteiger partial charge in [0.25, 0.3) is 11.5 Å². The summed E-state index contributed by atoms with van der Waals surface area (Å²) in [6.45, 7) is 10.6. The summed E-state index contributed by atoms with van der Waals surface area (Å²) in [7, 11) is 2.09. The molecule has 1 amide bonds. The van der Waals surface area contributed by atoms with Crippen LogP contribution in [0.2, 0.25) is 0 Å². The van der Waals surface area contributed by atoms with E-state index in [1.54, 1.807) is 9.47 Å². The van der Waals surface area contributed by atoms with Gasteiger partial charge in [-0.15, -0.1) is 0 Å². The number of nitriles is 1. The Morgan fingerprint density at radius 2 is 1.67 bits per heavy atom. The predicted octanol–water partition coefficient (Wildman–Crippen LogP) is 4.75. The largest absolute Gasteiger partial charge is 0.355 e. The Morgan fingerprint density at radius 1 is 1.00 bits per heavy atom. The first-order valence-electron chi connectivity index (χ1n) is 13.2. The van der Waals surface area contributed by atoms with Gasteiger partial charge >= 0.3 is 0 Å². The second-order valence-electron chi connectivity index (χ2n) is 9.70. The molecule has 0 aliphatic carbocycles. The van der Waals surface area contributed by atoms with E-state index in [0.29, 0.717) is 27.9 Å². The second-order valence-corrected chi connectivity index (χ2v) is 11.4. The van der Waals surface area contributed by atoms with Gasteiger partial charge in [-0.3, -0.25) is 19.1 Å². The molecule has 0 bridgehead atoms. The van der Waals surface area contributed by atoms with Gasteiger partial charge in [-0.2, -0.15) is 5.26 Å². The molecular formula is C27H39N5O2S2. The number of likely N-dealkylation sites (N-methyl/N-ethyl adjacent to an activating group) is 1. The lowest BCUT2D eigenvalue weighted by molar-refractivity contribution is -0.122. The van der Waals surface area contributed by atoms with Gasteiger partial charge in [-0.25, -0.2) is 0 Å². The van der Waals surface area contributed by atoms with Crippen molar-refractivity contribution in [3.8, 4) is 6.07 Å². The Kier molecular flexibility index (Phi) is 10.6. The number of nitrogens with zero attached hydrogens (tertiary/aromatic N) is 5. The lowest BCUT2D eigenvalue weighted by Crippen LogP contribution is -2.47. The number of thioether (sulfide) groups is 1. The SMILES string of the molecule is CCCCCCCCN1C(=O)/C(=C/c2c(C)c(C#N)c(=O)n(CCC)c2N2CCN(C)CC2)SC1=S. The average molecular weight is 530 g/mol. The third-order valence-corrected chi connectivity index (χ3v) is 8.36. The predicted molar refractivity (Wildman–Crippen MR) is 153 cm³/mol. The first-order valence-corrected chi connectivity index (χ1v) is 14.4. The molecule has 1 aromatic heterocycles. The van der Waals surface area contributed by atoms with Crippen molar-refractivity contribution in [2.45, 2.75) is 72.3 Å². The number of unbranched alkanes of at least 4 members (excludes halogenated alkanes) is 5. The van der Waals surface area contributed by atoms with Crippen molar-refractivity contribution in [3.05, 3.63) is 31.9 Å². The maximum absolute atomic E-state index is 13.4. The molecule has 2 saturated heterocycles. The van der Waals surface area contributed by atoms with Crippen LogP contribution in [0.1, 0.15) is 75.5 Å². The summed E-state index contributed by atoms with van der Waals surface area (Å²) >= 11 is 6.90. The summed E-state index contributed by atoms with van der Waals surface area (Å²) in [4.78, 5) is 33.4. The van der Waals surface area contributed by atoms with Crippen LogP contribution >= 0.6 is 24.0 Å². The molecule has 2 aliphatic rings. The van der Waals surface area contributed by atoms with Crippen molar-refractivity contribution in [1.82, 2.24) is 14.4 Å². The Labute approximate surface area is 225 Å². The van der Waals surface area contributed by atoms with Gasteiger partial charge < -0.3 is 9.80 Å². The highest BCUT2D eigenvalue weighted by Gasteiger charge is 2.33. The molecule has 2 fully saturated rings. The molecule has 2 aliphatic heterocycles. The van der Waals surface area contributed by atoms with Crippen molar-refractivity contribution in [2.24, 2.45) is 0 Å². The van der Waals surface area contributed by atoms with Gasteiger partial charge in [0, 0.05) is 44.8 Å². The van der Waals surface area contributed by atoms with E-state index in [2.05, 4.69) is 29.8 Å². The van der Waals surface area contributed by atoms with E-state index in [9.17, 15) is 14.9 Å². The van der Waals surface area contributed by atoms with Crippen LogP contribution in [-0.2, 0) is 11.3 Å². The minimum atomic E-state index is -0.251. The number of hydrogen-bond donors (Lipinski definition) is 0. The number of aromatic nitrogens is 1. The molecule has 196 valence electrons. The van der Waals surface area contributed by atoms with Gasteiger partial charge in [0.2, 0.25) is 0 Å². The molecule has 0 atom stereocenters. The first-order chi connectivity index (χ1) is 17.3. The summed E-state index contributed by atoms with van der Waals surface area (Å²) in [5.41, 5.74) is 1.31. The minimum Gasteiger partial charge on any atom is -0.355 e. The number of carbonyl (C=O) groups excluding carboxylic acids is 1. The smallest absolute Gasteiger partial charge is 0.270 e. The van der Waals surface area contributed by atoms with E-state index in [-0.39, 0.29) is 17.0 Å². The van der Waals surface area contributed by atoms with Crippen LogP contribution in [0.15, 0.2) is 9.70 Å². The molecule has 0 saturated carbocycles. The van der Waals surface area contributed by atoms with Gasteiger partial charge in [0.05, 0.1) is 4.91 Å². The highest BCUT2D eigenvalue weighted by Crippen LogP contribution is 2.36. The lowest BCUT2D eigenvalue weighted by atomic mass is 10.0. The topological polar surface area (TPSA) is 72.6 Å². The van der Waals surface area contributed by atoms with Crippen LogP contribution < -0.4 is 10.5 Å². The van der Waals surface area contributed by atoms with Gasteiger partial charge in [0.1, 0.15) is 21.8 Å². The second kappa shape index (κ2) is 13.4. The Morgan fingerprint density at radius 3 is 2.31 bits per heavy atom. The van der Waals surface area contributed by atoms with Crippen LogP contribution in [0, 0.1) is 18.3 Å². The Bertz CT molecular complexity index is 1100. The van der Waals surface area contributed by atoms with E-state index in [1.165, 1.54) is 37.4 Å². The fourth-order valence-corrected chi connectivity index (χ4v) is 6.10. The molecule has 0 spiro atoms. The number of rotatable bonds is 11. The summed E-state index contributed by atoms with van der Waals surface area (Å²) in [6.07, 6.45) is 9.56. The van der Waals surface area contributed by atoms with Crippen molar-refractivity contribution < 1.29 is 4.79 Å². The zero-order valence-electron chi connectivity index (χ0n) is 22.1. The third kappa shape index (κ3) is 6.39. The maximum Gasteiger partial charge on any atom is 0.270 e. The molecule has 3 heterocycles. The molecular weight excluding hydrogens is 490 g/mol. The number of amides is 1. The molecule has 3 rings (SSSR count). The van der Waals surface area contributed by atoms with Gasteiger partial charge in [-0.05, 0) is 38.5 Å². The standard InChI is InChI=1S/C27H39N5O2S2/c1-5-7-8-9-10-11-13-32-26(34)23(36-27(32)35)18-21-20(3)22(19-28)25(33)31(12-6-2)24(21)30-16-14-29(4)15-17-30/h18H,5-17H2,1-4H3/b23-18-. The number of thiocarbonyl (C=S) groups is 1. The summed E-state index contributed by atoms with van der Waals surface area (Å²) in [5.74, 6) is 0.738. The summed E-state index contributed by atoms with van der Waals surface area (Å²) in [6, 6.07) is 2.13. The number of pyridine rings is 1. The Balaban J connectivity index is 1.97. The minimum absolute atomic E-state index is 0.0750. The zero-order chi connectivity index (χ0) is 26.2. The third-order valence-electron chi connectivity index (χ3n) is 6.98. The Hall–Kier alpha value is -2.15. The molecule has 36 heavy (non-hydrogen) atoms. The molecule has 7 nitrogen and oxygen atoms in total. The van der Waals surface area contributed by atoms with E-state index in [1.807, 2.05) is 19.9 Å². The highest BCUT2D eigenvalue weighted by atomic mass is 32.2. The van der Waals surface area contributed by atoms with E-state index in [0.717, 1.165) is 56.8 Å².